The fourth-order valence-electron chi connectivity index (χ4n) is 2.25. The van der Waals surface area contributed by atoms with Crippen LogP contribution in [0.25, 0.3) is 0 Å². The molecule has 1 aromatic carbocycles. The Morgan fingerprint density at radius 3 is 2.80 bits per heavy atom. The lowest BCUT2D eigenvalue weighted by molar-refractivity contribution is 0.624. The van der Waals surface area contributed by atoms with Crippen LogP contribution in [-0.4, -0.2) is 18.8 Å². The van der Waals surface area contributed by atoms with Crippen LogP contribution in [0.4, 0.5) is 5.69 Å². The number of nitrogens with zero attached hydrogens (tertiary/aromatic N) is 1. The number of aryl methyl sites for hydroxylation is 1. The minimum Gasteiger partial charge on any atom is -0.369 e. The van der Waals surface area contributed by atoms with Crippen molar-refractivity contribution < 1.29 is 0 Å². The molecule has 0 saturated carbocycles. The number of anilines is 1. The number of hydrogen-bond donors (Lipinski definition) is 0. The molecule has 1 aromatic rings. The maximum atomic E-state index is 2.53. The third-order valence-electron chi connectivity index (χ3n) is 3.07. The minimum atomic E-state index is 0.612. The quantitative estimate of drug-likeness (QED) is 0.702. The van der Waals surface area contributed by atoms with E-state index in [0.29, 0.717) is 6.04 Å². The second kappa shape index (κ2) is 4.48. The molecule has 0 radical (unpaired) electrons. The summed E-state index contributed by atoms with van der Waals surface area (Å²) in [7, 11) is 0. The van der Waals surface area contributed by atoms with Crippen molar-refractivity contribution in [2.24, 2.45) is 0 Å². The molecule has 2 rings (SSSR count). The molecule has 82 valence electrons. The maximum absolute atomic E-state index is 2.53. The van der Waals surface area contributed by atoms with Crippen LogP contribution in [-0.2, 0) is 6.42 Å². The topological polar surface area (TPSA) is 3.24 Å². The number of thioether (sulfide) groups is 1. The molecule has 1 heterocycles. The first-order valence-electron chi connectivity index (χ1n) is 5.66. The van der Waals surface area contributed by atoms with E-state index in [1.807, 2.05) is 11.8 Å². The SMILES string of the molecule is CSc1ccc2c(c1)N(C(C)C)CCC2. The predicted octanol–water partition coefficient (Wildman–Crippen LogP) is 3.57. The lowest BCUT2D eigenvalue weighted by atomic mass is 10.0. The molecular formula is C13H19NS. The molecule has 0 amide bonds. The summed E-state index contributed by atoms with van der Waals surface area (Å²) in [6.07, 6.45) is 4.68. The van der Waals surface area contributed by atoms with E-state index in [4.69, 9.17) is 0 Å². The highest BCUT2D eigenvalue weighted by Gasteiger charge is 2.18. The van der Waals surface area contributed by atoms with E-state index in [-0.39, 0.29) is 0 Å². The highest BCUT2D eigenvalue weighted by atomic mass is 32.2. The van der Waals surface area contributed by atoms with Crippen molar-refractivity contribution in [3.8, 4) is 0 Å². The van der Waals surface area contributed by atoms with Gasteiger partial charge in [-0.1, -0.05) is 6.07 Å². The van der Waals surface area contributed by atoms with Crippen molar-refractivity contribution in [3.05, 3.63) is 23.8 Å². The summed E-state index contributed by atoms with van der Waals surface area (Å²) in [6, 6.07) is 7.50. The Bertz CT molecular complexity index is 346. The van der Waals surface area contributed by atoms with E-state index in [1.54, 1.807) is 0 Å². The van der Waals surface area contributed by atoms with Crippen LogP contribution in [0.3, 0.4) is 0 Å². The first-order valence-corrected chi connectivity index (χ1v) is 6.88. The van der Waals surface area contributed by atoms with Gasteiger partial charge in [-0.25, -0.2) is 0 Å². The van der Waals surface area contributed by atoms with E-state index in [0.717, 1.165) is 0 Å². The summed E-state index contributed by atoms with van der Waals surface area (Å²) in [5.74, 6) is 0. The third kappa shape index (κ3) is 2.15. The number of rotatable bonds is 2. The second-order valence-electron chi connectivity index (χ2n) is 4.39. The lowest BCUT2D eigenvalue weighted by Gasteiger charge is -2.35. The predicted molar refractivity (Wildman–Crippen MR) is 69.0 cm³/mol. The molecule has 0 bridgehead atoms. The van der Waals surface area contributed by atoms with Crippen molar-refractivity contribution in [3.63, 3.8) is 0 Å². The van der Waals surface area contributed by atoms with Gasteiger partial charge in [0.2, 0.25) is 0 Å². The molecule has 0 saturated heterocycles. The molecule has 0 unspecified atom stereocenters. The van der Waals surface area contributed by atoms with Gasteiger partial charge in [-0.05, 0) is 50.6 Å². The summed E-state index contributed by atoms with van der Waals surface area (Å²) in [5, 5.41) is 0. The number of fused-ring (bicyclic) bond motifs is 1. The monoisotopic (exact) mass is 221 g/mol. The fraction of sp³-hybridized carbons (Fsp3) is 0.538. The summed E-state index contributed by atoms with van der Waals surface area (Å²) >= 11 is 1.83. The molecule has 1 aliphatic rings. The van der Waals surface area contributed by atoms with Gasteiger partial charge in [0.1, 0.15) is 0 Å². The van der Waals surface area contributed by atoms with Gasteiger partial charge < -0.3 is 4.90 Å². The smallest absolute Gasteiger partial charge is 0.0412 e. The zero-order chi connectivity index (χ0) is 10.8. The average Bonchev–Trinajstić information content (AvgIpc) is 2.27. The Labute approximate surface area is 96.9 Å². The number of hydrogen-bond acceptors (Lipinski definition) is 2. The molecule has 15 heavy (non-hydrogen) atoms. The second-order valence-corrected chi connectivity index (χ2v) is 5.26. The van der Waals surface area contributed by atoms with Gasteiger partial charge in [-0.15, -0.1) is 11.8 Å². The van der Waals surface area contributed by atoms with Gasteiger partial charge >= 0.3 is 0 Å². The van der Waals surface area contributed by atoms with Crippen molar-refractivity contribution in [1.29, 1.82) is 0 Å². The van der Waals surface area contributed by atoms with E-state index in [1.165, 1.54) is 35.5 Å². The Hall–Kier alpha value is -0.630. The van der Waals surface area contributed by atoms with Crippen molar-refractivity contribution in [2.75, 3.05) is 17.7 Å². The normalized spacial score (nSPS) is 15.6. The van der Waals surface area contributed by atoms with Crippen LogP contribution in [0.5, 0.6) is 0 Å². The van der Waals surface area contributed by atoms with Crippen LogP contribution >= 0.6 is 11.8 Å². The maximum Gasteiger partial charge on any atom is 0.0412 e. The first kappa shape index (κ1) is 10.9. The van der Waals surface area contributed by atoms with Crippen molar-refractivity contribution in [1.82, 2.24) is 0 Å². The van der Waals surface area contributed by atoms with Crippen LogP contribution in [0, 0.1) is 0 Å². The Kier molecular flexibility index (Phi) is 3.25. The highest BCUT2D eigenvalue weighted by Crippen LogP contribution is 2.32. The van der Waals surface area contributed by atoms with Crippen molar-refractivity contribution in [2.45, 2.75) is 37.6 Å². The van der Waals surface area contributed by atoms with E-state index in [2.05, 4.69) is 43.2 Å². The van der Waals surface area contributed by atoms with Gasteiger partial charge in [0, 0.05) is 23.2 Å². The molecule has 2 heteroatoms. The van der Waals surface area contributed by atoms with Gasteiger partial charge in [-0.2, -0.15) is 0 Å². The van der Waals surface area contributed by atoms with E-state index >= 15 is 0 Å². The zero-order valence-corrected chi connectivity index (χ0v) is 10.6. The van der Waals surface area contributed by atoms with Gasteiger partial charge in [-0.3, -0.25) is 0 Å². The Balaban J connectivity index is 2.39. The summed E-state index contributed by atoms with van der Waals surface area (Å²) in [4.78, 5) is 3.90. The molecule has 0 atom stereocenters. The van der Waals surface area contributed by atoms with Crippen molar-refractivity contribution >= 4 is 17.4 Å². The van der Waals surface area contributed by atoms with Crippen LogP contribution in [0.2, 0.25) is 0 Å². The molecule has 0 spiro atoms. The molecule has 0 aromatic heterocycles. The van der Waals surface area contributed by atoms with Gasteiger partial charge in [0.25, 0.3) is 0 Å². The standard InChI is InChI=1S/C13H19NS/c1-10(2)14-8-4-5-11-6-7-12(15-3)9-13(11)14/h6-7,9-10H,4-5,8H2,1-3H3. The average molecular weight is 221 g/mol. The Morgan fingerprint density at radius 1 is 1.33 bits per heavy atom. The first-order chi connectivity index (χ1) is 7.22. The Morgan fingerprint density at radius 2 is 2.13 bits per heavy atom. The molecule has 1 nitrogen and oxygen atoms in total. The summed E-state index contributed by atoms with van der Waals surface area (Å²) in [6.45, 7) is 5.77. The molecule has 0 N–H and O–H groups in total. The highest BCUT2D eigenvalue weighted by molar-refractivity contribution is 7.98. The zero-order valence-electron chi connectivity index (χ0n) is 9.79. The van der Waals surface area contributed by atoms with E-state index in [9.17, 15) is 0 Å². The molecule has 1 aliphatic heterocycles. The molecular weight excluding hydrogens is 202 g/mol. The number of benzene rings is 1. The van der Waals surface area contributed by atoms with Crippen LogP contribution in [0.15, 0.2) is 23.1 Å². The largest absolute Gasteiger partial charge is 0.369 e. The summed E-state index contributed by atoms with van der Waals surface area (Å²) < 4.78 is 0. The summed E-state index contributed by atoms with van der Waals surface area (Å²) in [5.41, 5.74) is 2.98. The van der Waals surface area contributed by atoms with E-state index < -0.39 is 0 Å². The minimum absolute atomic E-state index is 0.612. The third-order valence-corrected chi connectivity index (χ3v) is 3.80. The fourth-order valence-corrected chi connectivity index (χ4v) is 2.68. The van der Waals surface area contributed by atoms with Crippen LogP contribution < -0.4 is 4.90 Å². The van der Waals surface area contributed by atoms with Gasteiger partial charge in [0.05, 0.1) is 0 Å². The lowest BCUT2D eigenvalue weighted by Crippen LogP contribution is -2.35. The molecule has 0 aliphatic carbocycles. The van der Waals surface area contributed by atoms with Gasteiger partial charge in [0.15, 0.2) is 0 Å². The van der Waals surface area contributed by atoms with Crippen LogP contribution in [0.1, 0.15) is 25.8 Å². The molecule has 0 fully saturated rings.